The van der Waals surface area contributed by atoms with Crippen molar-refractivity contribution in [3.63, 3.8) is 0 Å². The van der Waals surface area contributed by atoms with Crippen LogP contribution in [0.2, 0.25) is 0 Å². The van der Waals surface area contributed by atoms with Crippen LogP contribution in [0.25, 0.3) is 0 Å². The van der Waals surface area contributed by atoms with Crippen molar-refractivity contribution < 1.29 is 9.59 Å². The van der Waals surface area contributed by atoms with Gasteiger partial charge >= 0.3 is 6.03 Å². The van der Waals surface area contributed by atoms with E-state index in [0.717, 1.165) is 19.3 Å². The number of urea groups is 1. The van der Waals surface area contributed by atoms with Crippen LogP contribution in [-0.4, -0.2) is 18.0 Å². The summed E-state index contributed by atoms with van der Waals surface area (Å²) >= 11 is 0. The van der Waals surface area contributed by atoms with Gasteiger partial charge in [-0.25, -0.2) is 4.79 Å². The lowest BCUT2D eigenvalue weighted by atomic mass is 9.93. The first-order valence-corrected chi connectivity index (χ1v) is 8.13. The summed E-state index contributed by atoms with van der Waals surface area (Å²) in [5.74, 6) is -0.307. The molecule has 2 aromatic rings. The number of hydrogen-bond acceptors (Lipinski definition) is 3. The lowest BCUT2D eigenvalue weighted by molar-refractivity contribution is 0.102. The fourth-order valence-electron chi connectivity index (χ4n) is 2.51. The van der Waals surface area contributed by atoms with Gasteiger partial charge in [0.25, 0.3) is 5.91 Å². The normalized spacial score (nSPS) is 13.2. The van der Waals surface area contributed by atoms with Crippen LogP contribution in [0.1, 0.15) is 35.2 Å². The minimum atomic E-state index is -0.307. The van der Waals surface area contributed by atoms with E-state index in [2.05, 4.69) is 16.0 Å². The monoisotopic (exact) mass is 334 g/mol. The van der Waals surface area contributed by atoms with E-state index in [4.69, 9.17) is 5.26 Å². The van der Waals surface area contributed by atoms with E-state index in [0.29, 0.717) is 22.5 Å². The van der Waals surface area contributed by atoms with E-state index < -0.39 is 0 Å². The third kappa shape index (κ3) is 4.36. The summed E-state index contributed by atoms with van der Waals surface area (Å²) < 4.78 is 0. The molecule has 0 aliphatic heterocycles. The van der Waals surface area contributed by atoms with Crippen molar-refractivity contribution in [3.05, 3.63) is 59.7 Å². The molecule has 0 bridgehead atoms. The highest BCUT2D eigenvalue weighted by atomic mass is 16.2. The molecule has 1 aliphatic carbocycles. The molecule has 6 heteroatoms. The molecule has 1 saturated carbocycles. The van der Waals surface area contributed by atoms with Crippen LogP contribution in [0.15, 0.2) is 48.5 Å². The van der Waals surface area contributed by atoms with Crippen molar-refractivity contribution in [1.82, 2.24) is 5.32 Å². The molecule has 0 unspecified atom stereocenters. The lowest BCUT2D eigenvalue weighted by Gasteiger charge is -2.26. The average Bonchev–Trinajstić information content (AvgIpc) is 2.58. The predicted octanol–water partition coefficient (Wildman–Crippen LogP) is 3.48. The molecule has 0 spiro atoms. The van der Waals surface area contributed by atoms with Crippen LogP contribution < -0.4 is 16.0 Å². The number of hydrogen-bond donors (Lipinski definition) is 3. The fourth-order valence-corrected chi connectivity index (χ4v) is 2.51. The van der Waals surface area contributed by atoms with E-state index in [9.17, 15) is 9.59 Å². The molecule has 1 aliphatic rings. The Balaban J connectivity index is 1.64. The number of nitrogens with one attached hydrogen (secondary N) is 3. The van der Waals surface area contributed by atoms with Crippen molar-refractivity contribution in [2.24, 2.45) is 0 Å². The van der Waals surface area contributed by atoms with Gasteiger partial charge in [-0.2, -0.15) is 5.26 Å². The SMILES string of the molecule is N#Cc1cccc(NC(=O)c2cccc(NC(=O)NC3CCC3)c2)c1. The number of carbonyl (C=O) groups excluding carboxylic acids is 2. The second-order valence-corrected chi connectivity index (χ2v) is 5.95. The Morgan fingerprint density at radius 1 is 1.00 bits per heavy atom. The van der Waals surface area contributed by atoms with Gasteiger partial charge in [0.15, 0.2) is 0 Å². The molecule has 3 N–H and O–H groups in total. The smallest absolute Gasteiger partial charge is 0.319 e. The van der Waals surface area contributed by atoms with E-state index >= 15 is 0 Å². The highest BCUT2D eigenvalue weighted by Gasteiger charge is 2.19. The van der Waals surface area contributed by atoms with Crippen molar-refractivity contribution >= 4 is 23.3 Å². The molecule has 2 aromatic carbocycles. The standard InChI is InChI=1S/C19H18N4O2/c20-12-13-4-1-8-16(10-13)21-18(24)14-5-2-9-17(11-14)23-19(25)22-15-6-3-7-15/h1-2,4-5,8-11,15H,3,6-7H2,(H,21,24)(H2,22,23,25). The zero-order valence-corrected chi connectivity index (χ0v) is 13.6. The van der Waals surface area contributed by atoms with Gasteiger partial charge in [0.1, 0.15) is 0 Å². The minimum Gasteiger partial charge on any atom is -0.335 e. The molecule has 3 rings (SSSR count). The minimum absolute atomic E-state index is 0.249. The summed E-state index contributed by atoms with van der Waals surface area (Å²) in [6.07, 6.45) is 3.17. The highest BCUT2D eigenvalue weighted by molar-refractivity contribution is 6.05. The Kier molecular flexibility index (Phi) is 4.95. The number of amides is 3. The van der Waals surface area contributed by atoms with E-state index in [-0.39, 0.29) is 18.0 Å². The van der Waals surface area contributed by atoms with Crippen LogP contribution in [-0.2, 0) is 0 Å². The largest absolute Gasteiger partial charge is 0.335 e. The molecule has 1 fully saturated rings. The van der Waals surface area contributed by atoms with Crippen molar-refractivity contribution in [3.8, 4) is 6.07 Å². The summed E-state index contributed by atoms with van der Waals surface area (Å²) in [6, 6.07) is 15.4. The van der Waals surface area contributed by atoms with Crippen molar-refractivity contribution in [2.75, 3.05) is 10.6 Å². The fraction of sp³-hybridized carbons (Fsp3) is 0.211. The third-order valence-corrected chi connectivity index (χ3v) is 4.07. The van der Waals surface area contributed by atoms with Gasteiger partial charge in [-0.05, 0) is 55.7 Å². The number of anilines is 2. The van der Waals surface area contributed by atoms with Gasteiger partial charge in [0.2, 0.25) is 0 Å². The maximum Gasteiger partial charge on any atom is 0.319 e. The summed E-state index contributed by atoms with van der Waals surface area (Å²) in [4.78, 5) is 24.3. The van der Waals surface area contributed by atoms with Crippen LogP contribution in [0.3, 0.4) is 0 Å². The van der Waals surface area contributed by atoms with Crippen LogP contribution in [0, 0.1) is 11.3 Å². The van der Waals surface area contributed by atoms with Crippen LogP contribution in [0.4, 0.5) is 16.2 Å². The summed E-state index contributed by atoms with van der Waals surface area (Å²) in [6.45, 7) is 0. The number of nitrogens with zero attached hydrogens (tertiary/aromatic N) is 1. The number of rotatable bonds is 4. The number of benzene rings is 2. The summed E-state index contributed by atoms with van der Waals surface area (Å²) in [5, 5.41) is 17.3. The van der Waals surface area contributed by atoms with E-state index in [1.165, 1.54) is 0 Å². The first-order chi connectivity index (χ1) is 12.1. The molecule has 0 aromatic heterocycles. The Morgan fingerprint density at radius 3 is 2.40 bits per heavy atom. The van der Waals surface area contributed by atoms with Gasteiger partial charge < -0.3 is 16.0 Å². The van der Waals surface area contributed by atoms with Gasteiger partial charge in [0, 0.05) is 23.0 Å². The van der Waals surface area contributed by atoms with Crippen molar-refractivity contribution in [1.29, 1.82) is 5.26 Å². The Hall–Kier alpha value is -3.33. The van der Waals surface area contributed by atoms with Gasteiger partial charge in [-0.3, -0.25) is 4.79 Å². The molecular formula is C19H18N4O2. The topological polar surface area (TPSA) is 94.0 Å². The maximum absolute atomic E-state index is 12.4. The molecule has 3 amide bonds. The molecular weight excluding hydrogens is 316 g/mol. The zero-order chi connectivity index (χ0) is 17.6. The molecule has 126 valence electrons. The van der Waals surface area contributed by atoms with Gasteiger partial charge in [-0.15, -0.1) is 0 Å². The Bertz CT molecular complexity index is 837. The zero-order valence-electron chi connectivity index (χ0n) is 13.6. The number of nitriles is 1. The first kappa shape index (κ1) is 16.5. The summed E-state index contributed by atoms with van der Waals surface area (Å²) in [5.41, 5.74) is 1.99. The van der Waals surface area contributed by atoms with Gasteiger partial charge in [-0.1, -0.05) is 12.1 Å². The molecule has 0 atom stereocenters. The first-order valence-electron chi connectivity index (χ1n) is 8.13. The van der Waals surface area contributed by atoms with Crippen molar-refractivity contribution in [2.45, 2.75) is 25.3 Å². The molecule has 0 radical (unpaired) electrons. The Morgan fingerprint density at radius 2 is 1.72 bits per heavy atom. The molecule has 25 heavy (non-hydrogen) atoms. The number of carbonyl (C=O) groups is 2. The van der Waals surface area contributed by atoms with Crippen LogP contribution >= 0.6 is 0 Å². The third-order valence-electron chi connectivity index (χ3n) is 4.07. The predicted molar refractivity (Wildman–Crippen MR) is 95.3 cm³/mol. The molecule has 0 saturated heterocycles. The maximum atomic E-state index is 12.4. The van der Waals surface area contributed by atoms with Crippen LogP contribution in [0.5, 0.6) is 0 Å². The average molecular weight is 334 g/mol. The van der Waals surface area contributed by atoms with E-state index in [1.807, 2.05) is 6.07 Å². The molecule has 6 nitrogen and oxygen atoms in total. The Labute approximate surface area is 145 Å². The van der Waals surface area contributed by atoms with E-state index in [1.54, 1.807) is 48.5 Å². The van der Waals surface area contributed by atoms with Gasteiger partial charge in [0.05, 0.1) is 11.6 Å². The summed E-state index contributed by atoms with van der Waals surface area (Å²) in [7, 11) is 0. The quantitative estimate of drug-likeness (QED) is 0.799. The second kappa shape index (κ2) is 7.49. The lowest BCUT2D eigenvalue weighted by Crippen LogP contribution is -2.41. The molecule has 0 heterocycles. The second-order valence-electron chi connectivity index (χ2n) is 5.95. The highest BCUT2D eigenvalue weighted by Crippen LogP contribution is 2.19.